The Morgan fingerprint density at radius 1 is 0.955 bits per heavy atom. The van der Waals surface area contributed by atoms with E-state index in [0.717, 1.165) is 50.7 Å². The normalized spacial score (nSPS) is 16.8. The van der Waals surface area contributed by atoms with E-state index in [9.17, 15) is 30.3 Å². The summed E-state index contributed by atoms with van der Waals surface area (Å²) in [6.07, 6.45) is -0.706. The van der Waals surface area contributed by atoms with Gasteiger partial charge in [0, 0.05) is 62.8 Å². The Morgan fingerprint density at radius 3 is 2.25 bits per heavy atom. The molecule has 232 valence electrons. The molecule has 0 aliphatic carbocycles. The molecule has 2 unspecified atom stereocenters. The second-order valence-corrected chi connectivity index (χ2v) is 11.7. The van der Waals surface area contributed by atoms with Crippen molar-refractivity contribution in [1.29, 1.82) is 0 Å². The van der Waals surface area contributed by atoms with Crippen molar-refractivity contribution in [2.75, 3.05) is 0 Å². The number of aromatic nitrogens is 4. The molecule has 10 nitrogen and oxygen atoms in total. The van der Waals surface area contributed by atoms with Gasteiger partial charge in [-0.3, -0.25) is 4.98 Å². The number of allylic oxidation sites excluding steroid dienone is 1. The number of carboxylic acid groups (broad SMARTS) is 1. The monoisotopic (exact) mass is 600 g/mol. The summed E-state index contributed by atoms with van der Waals surface area (Å²) in [6, 6.07) is 5.84. The number of carboxylic acids is 1. The predicted octanol–water partition coefficient (Wildman–Crippen LogP) is 4.98. The van der Waals surface area contributed by atoms with Gasteiger partial charge >= 0.3 is 5.97 Å². The summed E-state index contributed by atoms with van der Waals surface area (Å²) in [5.41, 5.74) is 9.95. The average molecular weight is 601 g/mol. The Balaban J connectivity index is 2.02. The van der Waals surface area contributed by atoms with E-state index in [2.05, 4.69) is 29.5 Å². The quantitative estimate of drug-likeness (QED) is 0.177. The number of aliphatic hydroxyl groups is 4. The Labute approximate surface area is 255 Å². The zero-order valence-electron chi connectivity index (χ0n) is 25.7. The first-order chi connectivity index (χ1) is 20.9. The van der Waals surface area contributed by atoms with Crippen LogP contribution in [0, 0.1) is 13.8 Å². The van der Waals surface area contributed by atoms with Gasteiger partial charge in [0.15, 0.2) is 12.6 Å². The van der Waals surface area contributed by atoms with Crippen LogP contribution < -0.4 is 0 Å². The molecule has 8 bridgehead atoms. The summed E-state index contributed by atoms with van der Waals surface area (Å²) < 4.78 is 0. The molecule has 3 aromatic heterocycles. The molecule has 2 aliphatic heterocycles. The van der Waals surface area contributed by atoms with Crippen molar-refractivity contribution in [2.45, 2.75) is 84.7 Å². The van der Waals surface area contributed by atoms with Crippen molar-refractivity contribution in [2.24, 2.45) is 0 Å². The number of fused-ring (bicyclic) bond motifs is 8. The highest BCUT2D eigenvalue weighted by Gasteiger charge is 2.35. The minimum atomic E-state index is -1.80. The summed E-state index contributed by atoms with van der Waals surface area (Å²) >= 11 is 0. The smallest absolute Gasteiger partial charge is 0.338 e. The number of aromatic amines is 2. The van der Waals surface area contributed by atoms with Crippen molar-refractivity contribution in [3.8, 4) is 0 Å². The summed E-state index contributed by atoms with van der Waals surface area (Å²) in [6.45, 7) is 13.8. The summed E-state index contributed by atoms with van der Waals surface area (Å²) in [5, 5.41) is 50.3. The number of rotatable bonds is 8. The summed E-state index contributed by atoms with van der Waals surface area (Å²) in [4.78, 5) is 29.6. The van der Waals surface area contributed by atoms with Crippen molar-refractivity contribution in [3.05, 3.63) is 75.4 Å². The first kappa shape index (κ1) is 31.3. The molecule has 0 radical (unpaired) electrons. The van der Waals surface area contributed by atoms with Gasteiger partial charge in [0.2, 0.25) is 0 Å². The first-order valence-corrected chi connectivity index (χ1v) is 14.9. The number of hydrogen-bond donors (Lipinski definition) is 7. The van der Waals surface area contributed by atoms with E-state index in [1.54, 1.807) is 6.92 Å². The molecule has 5 rings (SSSR count). The van der Waals surface area contributed by atoms with Gasteiger partial charge in [-0.2, -0.15) is 0 Å². The lowest BCUT2D eigenvalue weighted by atomic mass is 9.84. The lowest BCUT2D eigenvalue weighted by Crippen LogP contribution is -2.16. The third kappa shape index (κ3) is 5.50. The van der Waals surface area contributed by atoms with Crippen molar-refractivity contribution in [1.82, 2.24) is 19.9 Å². The molecular formula is C34H40N4O6. The Hall–Kier alpha value is -4.09. The topological polar surface area (TPSA) is 176 Å². The highest BCUT2D eigenvalue weighted by atomic mass is 16.5. The third-order valence-electron chi connectivity index (χ3n) is 9.07. The van der Waals surface area contributed by atoms with Gasteiger partial charge in [0.25, 0.3) is 0 Å². The van der Waals surface area contributed by atoms with Crippen LogP contribution in [0.15, 0.2) is 24.8 Å². The molecule has 3 aromatic rings. The molecule has 0 saturated heterocycles. The van der Waals surface area contributed by atoms with E-state index >= 15 is 0 Å². The maximum Gasteiger partial charge on any atom is 0.338 e. The fraction of sp³-hybridized carbons (Fsp3) is 0.382. The Morgan fingerprint density at radius 2 is 1.64 bits per heavy atom. The van der Waals surface area contributed by atoms with Crippen molar-refractivity contribution < 1.29 is 30.3 Å². The Kier molecular flexibility index (Phi) is 8.64. The number of nitrogens with zero attached hydrogens (tertiary/aromatic N) is 2. The van der Waals surface area contributed by atoms with Crippen LogP contribution in [0.4, 0.5) is 0 Å². The minimum absolute atomic E-state index is 0.0295. The SMILES string of the molecule is C=Cc1c(C)c2cc3nc(c(CC(O)O)c4nc(cc5[nH]c(cc1[nH]2)c(C)c5CC)C(C)=C4C(=O)O)C(CCC(O)O)C3C. The molecule has 0 spiro atoms. The van der Waals surface area contributed by atoms with Crippen LogP contribution in [0.3, 0.4) is 0 Å². The van der Waals surface area contributed by atoms with E-state index in [-0.39, 0.29) is 35.9 Å². The molecule has 0 amide bonds. The van der Waals surface area contributed by atoms with Crippen LogP contribution in [-0.2, 0) is 17.6 Å². The fourth-order valence-electron chi connectivity index (χ4n) is 6.63. The average Bonchev–Trinajstić information content (AvgIpc) is 3.63. The molecule has 2 atom stereocenters. The summed E-state index contributed by atoms with van der Waals surface area (Å²) in [7, 11) is 0. The molecule has 44 heavy (non-hydrogen) atoms. The molecule has 2 aliphatic rings. The molecule has 0 aromatic carbocycles. The Bertz CT molecular complexity index is 1850. The number of nitrogens with one attached hydrogen (secondary N) is 2. The second kappa shape index (κ2) is 12.1. The highest BCUT2D eigenvalue weighted by molar-refractivity contribution is 6.24. The van der Waals surface area contributed by atoms with Gasteiger partial charge in [-0.1, -0.05) is 26.5 Å². The molecule has 5 heterocycles. The second-order valence-electron chi connectivity index (χ2n) is 11.7. The maximum absolute atomic E-state index is 12.7. The maximum atomic E-state index is 12.7. The van der Waals surface area contributed by atoms with E-state index < -0.39 is 18.5 Å². The van der Waals surface area contributed by atoms with Gasteiger partial charge < -0.3 is 35.5 Å². The van der Waals surface area contributed by atoms with Crippen LogP contribution >= 0.6 is 0 Å². The molecule has 7 N–H and O–H groups in total. The molecule has 10 heteroatoms. The van der Waals surface area contributed by atoms with E-state index in [4.69, 9.17) is 9.97 Å². The summed E-state index contributed by atoms with van der Waals surface area (Å²) in [5.74, 6) is -1.75. The van der Waals surface area contributed by atoms with Crippen molar-refractivity contribution >= 4 is 45.3 Å². The lowest BCUT2D eigenvalue weighted by molar-refractivity contribution is -0.130. The van der Waals surface area contributed by atoms with E-state index in [0.29, 0.717) is 34.6 Å². The van der Waals surface area contributed by atoms with Gasteiger partial charge in [-0.25, -0.2) is 9.78 Å². The largest absolute Gasteiger partial charge is 0.478 e. The zero-order chi connectivity index (χ0) is 32.0. The van der Waals surface area contributed by atoms with E-state index in [1.165, 1.54) is 0 Å². The van der Waals surface area contributed by atoms with Gasteiger partial charge in [0.05, 0.1) is 17.0 Å². The van der Waals surface area contributed by atoms with Crippen LogP contribution in [0.2, 0.25) is 0 Å². The van der Waals surface area contributed by atoms with Crippen molar-refractivity contribution in [3.63, 3.8) is 0 Å². The highest BCUT2D eigenvalue weighted by Crippen LogP contribution is 2.44. The number of carbonyl (C=O) groups is 1. The van der Waals surface area contributed by atoms with Crippen LogP contribution in [0.1, 0.15) is 96.0 Å². The van der Waals surface area contributed by atoms with Gasteiger partial charge in [0.1, 0.15) is 0 Å². The lowest BCUT2D eigenvalue weighted by Gasteiger charge is -2.19. The van der Waals surface area contributed by atoms with Gasteiger partial charge in [-0.15, -0.1) is 0 Å². The number of aryl methyl sites for hydroxylation is 3. The molecule has 0 fully saturated rings. The van der Waals surface area contributed by atoms with Crippen LogP contribution in [0.25, 0.3) is 39.3 Å². The number of aliphatic hydroxyl groups excluding tert-OH is 2. The van der Waals surface area contributed by atoms with E-state index in [1.807, 2.05) is 39.0 Å². The molecular weight excluding hydrogens is 560 g/mol. The standard InChI is InChI=1S/C34H40N4O6/c1-7-19-15(3)23-12-25-17(5)21(9-10-29(39)40)32(37-25)22(11-30(41)42)33-31(34(43)44)18(6)26(38-33)14-28-20(8-2)16(4)24(36-28)13-27(19)35-23/h7,12-14,17,21,29-30,35-36,39-42H,1,8-11H2,2-6H3,(H,43,44). The molecule has 0 saturated carbocycles. The number of aliphatic carboxylic acids is 1. The predicted molar refractivity (Wildman–Crippen MR) is 171 cm³/mol. The van der Waals surface area contributed by atoms with Crippen LogP contribution in [0.5, 0.6) is 0 Å². The third-order valence-corrected chi connectivity index (χ3v) is 9.07. The minimum Gasteiger partial charge on any atom is -0.478 e. The fourth-order valence-corrected chi connectivity index (χ4v) is 6.63. The van der Waals surface area contributed by atoms with Gasteiger partial charge in [-0.05, 0) is 80.5 Å². The van der Waals surface area contributed by atoms with Crippen LogP contribution in [-0.4, -0.2) is 64.0 Å². The zero-order valence-corrected chi connectivity index (χ0v) is 25.7. The number of hydrogen-bond acceptors (Lipinski definition) is 7. The number of H-pyrrole nitrogens is 2. The first-order valence-electron chi connectivity index (χ1n) is 14.9.